The monoisotopic (exact) mass is 400 g/mol. The zero-order valence-corrected chi connectivity index (χ0v) is 17.0. The number of aliphatic hydroxyl groups is 1. The fraction of sp³-hybridized carbons (Fsp3) is 0.381. The summed E-state index contributed by atoms with van der Waals surface area (Å²) < 4.78 is 15.1. The molecule has 1 amide bonds. The molecule has 8 heteroatoms. The van der Waals surface area contributed by atoms with E-state index in [1.807, 2.05) is 13.8 Å². The molecule has 0 atom stereocenters. The van der Waals surface area contributed by atoms with Crippen LogP contribution >= 0.6 is 0 Å². The first-order valence-electron chi connectivity index (χ1n) is 9.16. The lowest BCUT2D eigenvalue weighted by atomic mass is 10.0. The number of hydrogen-bond acceptors (Lipinski definition) is 5. The van der Waals surface area contributed by atoms with E-state index in [2.05, 4.69) is 10.6 Å². The van der Waals surface area contributed by atoms with Gasteiger partial charge in [0.15, 0.2) is 5.78 Å². The molecule has 0 aliphatic rings. The molecule has 0 bridgehead atoms. The average Bonchev–Trinajstić information content (AvgIpc) is 2.96. The van der Waals surface area contributed by atoms with Gasteiger partial charge in [-0.3, -0.25) is 9.59 Å². The molecule has 0 aliphatic carbocycles. The average molecular weight is 400 g/mol. The van der Waals surface area contributed by atoms with Gasteiger partial charge in [-0.1, -0.05) is 0 Å². The SMILES string of the molecule is Cc1c(C(=O)CNC(C)(C)CCO)cc(C(=O)Nc2ccc(F)c(C#N)c2)n1C. The highest BCUT2D eigenvalue weighted by Crippen LogP contribution is 2.19. The number of halogens is 1. The number of anilines is 1. The number of rotatable bonds is 8. The minimum absolute atomic E-state index is 0.0137. The Morgan fingerprint density at radius 1 is 1.31 bits per heavy atom. The number of hydrogen-bond donors (Lipinski definition) is 3. The van der Waals surface area contributed by atoms with Crippen molar-refractivity contribution in [3.05, 3.63) is 52.6 Å². The summed E-state index contributed by atoms with van der Waals surface area (Å²) in [6, 6.07) is 6.97. The molecule has 0 saturated carbocycles. The highest BCUT2D eigenvalue weighted by molar-refractivity contribution is 6.07. The number of Topliss-reactive ketones (excluding diaryl/α,β-unsaturated/α-hetero) is 1. The molecule has 0 unspecified atom stereocenters. The van der Waals surface area contributed by atoms with Crippen molar-refractivity contribution < 1.29 is 19.1 Å². The van der Waals surface area contributed by atoms with Crippen molar-refractivity contribution in [1.82, 2.24) is 9.88 Å². The largest absolute Gasteiger partial charge is 0.396 e. The molecule has 0 fully saturated rings. The van der Waals surface area contributed by atoms with E-state index in [0.29, 0.717) is 17.7 Å². The second-order valence-corrected chi connectivity index (χ2v) is 7.48. The molecule has 3 N–H and O–H groups in total. The van der Waals surface area contributed by atoms with Crippen molar-refractivity contribution in [2.24, 2.45) is 7.05 Å². The second-order valence-electron chi connectivity index (χ2n) is 7.48. The van der Waals surface area contributed by atoms with Gasteiger partial charge in [0.05, 0.1) is 12.1 Å². The van der Waals surface area contributed by atoms with Gasteiger partial charge in [-0.15, -0.1) is 0 Å². The zero-order chi connectivity index (χ0) is 21.8. The molecule has 7 nitrogen and oxygen atoms in total. The van der Waals surface area contributed by atoms with Crippen LogP contribution < -0.4 is 10.6 Å². The molecule has 1 aromatic heterocycles. The highest BCUT2D eigenvalue weighted by atomic mass is 19.1. The fourth-order valence-corrected chi connectivity index (χ4v) is 2.87. The first-order valence-corrected chi connectivity index (χ1v) is 9.16. The molecule has 154 valence electrons. The van der Waals surface area contributed by atoms with E-state index in [4.69, 9.17) is 10.4 Å². The summed E-state index contributed by atoms with van der Waals surface area (Å²) in [5.74, 6) is -1.31. The van der Waals surface area contributed by atoms with E-state index in [0.717, 1.165) is 6.07 Å². The maximum atomic E-state index is 13.4. The van der Waals surface area contributed by atoms with Gasteiger partial charge in [0.2, 0.25) is 0 Å². The summed E-state index contributed by atoms with van der Waals surface area (Å²) in [7, 11) is 1.68. The third-order valence-corrected chi connectivity index (χ3v) is 4.88. The van der Waals surface area contributed by atoms with Crippen LogP contribution in [0.2, 0.25) is 0 Å². The maximum Gasteiger partial charge on any atom is 0.272 e. The number of nitriles is 1. The van der Waals surface area contributed by atoms with Crippen molar-refractivity contribution in [3.63, 3.8) is 0 Å². The number of benzene rings is 1. The van der Waals surface area contributed by atoms with Crippen LogP contribution in [0.15, 0.2) is 24.3 Å². The van der Waals surface area contributed by atoms with Crippen molar-refractivity contribution in [2.45, 2.75) is 32.7 Å². The molecule has 0 radical (unpaired) electrons. The van der Waals surface area contributed by atoms with Crippen LogP contribution in [0.5, 0.6) is 0 Å². The van der Waals surface area contributed by atoms with Gasteiger partial charge in [0, 0.05) is 36.1 Å². The standard InChI is InChI=1S/C21H25FN4O3/c1-13-16(19(28)12-24-21(2,3)7-8-27)10-18(26(13)4)20(29)25-15-5-6-17(22)14(9-15)11-23/h5-6,9-10,24,27H,7-8,12H2,1-4H3,(H,25,29). The van der Waals surface area contributed by atoms with Gasteiger partial charge in [0.1, 0.15) is 17.6 Å². The van der Waals surface area contributed by atoms with Gasteiger partial charge < -0.3 is 20.3 Å². The number of aliphatic hydroxyl groups excluding tert-OH is 1. The van der Waals surface area contributed by atoms with Crippen LogP contribution in [0.1, 0.15) is 52.4 Å². The van der Waals surface area contributed by atoms with E-state index in [1.165, 1.54) is 18.2 Å². The van der Waals surface area contributed by atoms with Crippen LogP contribution in [0.4, 0.5) is 10.1 Å². The number of aromatic nitrogens is 1. The van der Waals surface area contributed by atoms with Gasteiger partial charge in [0.25, 0.3) is 5.91 Å². The third kappa shape index (κ3) is 5.28. The molecule has 1 aromatic carbocycles. The van der Waals surface area contributed by atoms with E-state index in [1.54, 1.807) is 24.6 Å². The van der Waals surface area contributed by atoms with E-state index < -0.39 is 17.3 Å². The molecule has 2 aromatic rings. The Morgan fingerprint density at radius 2 is 2.00 bits per heavy atom. The predicted octanol–water partition coefficient (Wildman–Crippen LogP) is 2.53. The zero-order valence-electron chi connectivity index (χ0n) is 17.0. The summed E-state index contributed by atoms with van der Waals surface area (Å²) in [5, 5.41) is 23.7. The second kappa shape index (κ2) is 8.99. The number of ketones is 1. The molecule has 1 heterocycles. The van der Waals surface area contributed by atoms with Crippen LogP contribution in [0, 0.1) is 24.1 Å². The van der Waals surface area contributed by atoms with Crippen molar-refractivity contribution in [2.75, 3.05) is 18.5 Å². The molecule has 29 heavy (non-hydrogen) atoms. The Balaban J connectivity index is 2.18. The summed E-state index contributed by atoms with van der Waals surface area (Å²) in [4.78, 5) is 25.3. The minimum Gasteiger partial charge on any atom is -0.396 e. The maximum absolute atomic E-state index is 13.4. The van der Waals surface area contributed by atoms with Crippen molar-refractivity contribution >= 4 is 17.4 Å². The Kier molecular flexibility index (Phi) is 6.90. The minimum atomic E-state index is -0.662. The molecular formula is C21H25FN4O3. The number of carbonyl (C=O) groups excluding carboxylic acids is 2. The lowest BCUT2D eigenvalue weighted by Gasteiger charge is -2.24. The predicted molar refractivity (Wildman–Crippen MR) is 107 cm³/mol. The van der Waals surface area contributed by atoms with E-state index in [9.17, 15) is 14.0 Å². The lowest BCUT2D eigenvalue weighted by Crippen LogP contribution is -2.42. The Hall–Kier alpha value is -3.02. The van der Waals surface area contributed by atoms with Gasteiger partial charge in [-0.25, -0.2) is 4.39 Å². The first kappa shape index (κ1) is 22.3. The highest BCUT2D eigenvalue weighted by Gasteiger charge is 2.22. The quantitative estimate of drug-likeness (QED) is 0.590. The number of nitrogens with zero attached hydrogens (tertiary/aromatic N) is 2. The third-order valence-electron chi connectivity index (χ3n) is 4.88. The van der Waals surface area contributed by atoms with Crippen molar-refractivity contribution in [3.8, 4) is 6.07 Å². The van der Waals surface area contributed by atoms with Gasteiger partial charge >= 0.3 is 0 Å². The first-order chi connectivity index (χ1) is 13.6. The van der Waals surface area contributed by atoms with E-state index in [-0.39, 0.29) is 35.9 Å². The number of carbonyl (C=O) groups is 2. The van der Waals surface area contributed by atoms with Crippen molar-refractivity contribution in [1.29, 1.82) is 5.26 Å². The summed E-state index contributed by atoms with van der Waals surface area (Å²) in [5.41, 5.74) is 1.04. The van der Waals surface area contributed by atoms with Crippen LogP contribution in [-0.4, -0.2) is 40.1 Å². The Bertz CT molecular complexity index is 973. The number of nitrogens with one attached hydrogen (secondary N) is 2. The topological polar surface area (TPSA) is 107 Å². The Labute approximate surface area is 169 Å². The smallest absolute Gasteiger partial charge is 0.272 e. The summed E-state index contributed by atoms with van der Waals surface area (Å²) in [6.45, 7) is 5.62. The molecule has 2 rings (SSSR count). The summed E-state index contributed by atoms with van der Waals surface area (Å²) >= 11 is 0. The van der Waals surface area contributed by atoms with Crippen LogP contribution in [0.25, 0.3) is 0 Å². The number of amides is 1. The summed E-state index contributed by atoms with van der Waals surface area (Å²) in [6.07, 6.45) is 0.504. The van der Waals surface area contributed by atoms with E-state index >= 15 is 0 Å². The molecular weight excluding hydrogens is 375 g/mol. The normalized spacial score (nSPS) is 11.2. The molecule has 0 spiro atoms. The van der Waals surface area contributed by atoms with Gasteiger partial charge in [-0.2, -0.15) is 5.26 Å². The lowest BCUT2D eigenvalue weighted by molar-refractivity contribution is 0.0974. The van der Waals surface area contributed by atoms with Gasteiger partial charge in [-0.05, 0) is 51.5 Å². The van der Waals surface area contributed by atoms with Crippen LogP contribution in [0.3, 0.4) is 0 Å². The molecule has 0 aliphatic heterocycles. The Morgan fingerprint density at radius 3 is 2.62 bits per heavy atom. The molecule has 0 saturated heterocycles. The van der Waals surface area contributed by atoms with Crippen LogP contribution in [-0.2, 0) is 7.05 Å². The fourth-order valence-electron chi connectivity index (χ4n) is 2.87.